The van der Waals surface area contributed by atoms with Crippen LogP contribution in [0.1, 0.15) is 17.2 Å². The summed E-state index contributed by atoms with van der Waals surface area (Å²) in [6, 6.07) is 0. The van der Waals surface area contributed by atoms with Crippen LogP contribution in [-0.4, -0.2) is 25.6 Å². The van der Waals surface area contributed by atoms with Crippen LogP contribution in [0, 0.1) is 5.92 Å². The number of anilines is 1. The Balaban J connectivity index is 2.07. The molecule has 0 bridgehead atoms. The summed E-state index contributed by atoms with van der Waals surface area (Å²) >= 11 is 1.79. The third-order valence-corrected chi connectivity index (χ3v) is 3.78. The van der Waals surface area contributed by atoms with Crippen molar-refractivity contribution >= 4 is 16.5 Å². The van der Waals surface area contributed by atoms with E-state index in [1.165, 1.54) is 11.3 Å². The minimum Gasteiger partial charge on any atom is -0.354 e. The molecule has 3 nitrogen and oxygen atoms in total. The molecular formula is C9H15N3S. The highest BCUT2D eigenvalue weighted by Crippen LogP contribution is 2.49. The Labute approximate surface area is 82.6 Å². The molecule has 0 radical (unpaired) electrons. The molecule has 72 valence electrons. The lowest BCUT2D eigenvalue weighted by Gasteiger charge is -2.05. The van der Waals surface area contributed by atoms with Crippen LogP contribution in [0.4, 0.5) is 5.13 Å². The fourth-order valence-corrected chi connectivity index (χ4v) is 2.56. The predicted molar refractivity (Wildman–Crippen MR) is 56.3 cm³/mol. The van der Waals surface area contributed by atoms with Gasteiger partial charge in [-0.3, -0.25) is 0 Å². The number of nitrogens with zero attached hydrogens (tertiary/aromatic N) is 2. The monoisotopic (exact) mass is 197 g/mol. The third-order valence-electron chi connectivity index (χ3n) is 2.48. The van der Waals surface area contributed by atoms with Crippen molar-refractivity contribution in [3.63, 3.8) is 0 Å². The summed E-state index contributed by atoms with van der Waals surface area (Å²) in [5, 5.41) is 1.10. The van der Waals surface area contributed by atoms with Crippen LogP contribution in [0.25, 0.3) is 0 Å². The van der Waals surface area contributed by atoms with E-state index in [2.05, 4.69) is 4.98 Å². The average molecular weight is 197 g/mol. The van der Waals surface area contributed by atoms with Gasteiger partial charge in [0, 0.05) is 25.2 Å². The fourth-order valence-electron chi connectivity index (χ4n) is 1.51. The van der Waals surface area contributed by atoms with Crippen molar-refractivity contribution in [3.05, 3.63) is 11.1 Å². The summed E-state index contributed by atoms with van der Waals surface area (Å²) in [7, 11) is 4.05. The van der Waals surface area contributed by atoms with Gasteiger partial charge in [0.25, 0.3) is 0 Å². The first-order chi connectivity index (χ1) is 6.22. The van der Waals surface area contributed by atoms with Gasteiger partial charge in [-0.2, -0.15) is 0 Å². The summed E-state index contributed by atoms with van der Waals surface area (Å²) in [6.07, 6.45) is 3.26. The number of rotatable bonds is 3. The van der Waals surface area contributed by atoms with Crippen LogP contribution in [-0.2, 0) is 0 Å². The Morgan fingerprint density at radius 1 is 1.69 bits per heavy atom. The molecule has 1 fully saturated rings. The lowest BCUT2D eigenvalue weighted by atomic mass is 10.3. The molecule has 2 atom stereocenters. The maximum absolute atomic E-state index is 5.60. The molecule has 1 saturated carbocycles. The van der Waals surface area contributed by atoms with Gasteiger partial charge in [-0.25, -0.2) is 4.98 Å². The molecule has 2 N–H and O–H groups in total. The van der Waals surface area contributed by atoms with Crippen LogP contribution >= 0.6 is 11.3 Å². The van der Waals surface area contributed by atoms with Crippen molar-refractivity contribution in [2.24, 2.45) is 11.7 Å². The van der Waals surface area contributed by atoms with Crippen molar-refractivity contribution in [2.75, 3.05) is 25.5 Å². The number of aromatic nitrogens is 1. The molecule has 1 heterocycles. The molecule has 1 aromatic heterocycles. The predicted octanol–water partition coefficient (Wildman–Crippen LogP) is 1.27. The lowest BCUT2D eigenvalue weighted by Crippen LogP contribution is -2.07. The molecule has 0 aromatic carbocycles. The highest BCUT2D eigenvalue weighted by atomic mass is 32.1. The minimum atomic E-state index is 0.705. The van der Waals surface area contributed by atoms with Crippen LogP contribution < -0.4 is 10.6 Å². The Kier molecular flexibility index (Phi) is 2.26. The molecule has 0 saturated heterocycles. The van der Waals surface area contributed by atoms with E-state index < -0.39 is 0 Å². The molecule has 0 amide bonds. The zero-order chi connectivity index (χ0) is 9.42. The number of thiazole rings is 1. The molecular weight excluding hydrogens is 182 g/mol. The summed E-state index contributed by atoms with van der Waals surface area (Å²) in [4.78, 5) is 7.80. The van der Waals surface area contributed by atoms with E-state index in [4.69, 9.17) is 5.73 Å². The summed E-state index contributed by atoms with van der Waals surface area (Å²) in [5.74, 6) is 1.42. The number of hydrogen-bond donors (Lipinski definition) is 1. The Bertz CT molecular complexity index is 295. The van der Waals surface area contributed by atoms with Crippen molar-refractivity contribution in [1.29, 1.82) is 0 Å². The molecule has 2 rings (SSSR count). The Hall–Kier alpha value is -0.610. The van der Waals surface area contributed by atoms with Crippen molar-refractivity contribution in [1.82, 2.24) is 4.98 Å². The zero-order valence-corrected chi connectivity index (χ0v) is 8.84. The number of nitrogens with two attached hydrogens (primary N) is 1. The zero-order valence-electron chi connectivity index (χ0n) is 8.03. The quantitative estimate of drug-likeness (QED) is 0.793. The lowest BCUT2D eigenvalue weighted by molar-refractivity contribution is 0.814. The van der Waals surface area contributed by atoms with Crippen LogP contribution in [0.5, 0.6) is 0 Å². The van der Waals surface area contributed by atoms with Crippen molar-refractivity contribution in [3.8, 4) is 0 Å². The van der Waals surface area contributed by atoms with Crippen molar-refractivity contribution in [2.45, 2.75) is 12.3 Å². The molecule has 4 heteroatoms. The van der Waals surface area contributed by atoms with E-state index in [0.717, 1.165) is 17.6 Å². The molecule has 1 aliphatic rings. The highest BCUT2D eigenvalue weighted by molar-refractivity contribution is 7.15. The van der Waals surface area contributed by atoms with Crippen LogP contribution in [0.3, 0.4) is 0 Å². The molecule has 0 spiro atoms. The summed E-state index contributed by atoms with van der Waals surface area (Å²) < 4.78 is 0. The molecule has 13 heavy (non-hydrogen) atoms. The van der Waals surface area contributed by atoms with E-state index in [0.29, 0.717) is 5.92 Å². The van der Waals surface area contributed by atoms with Gasteiger partial charge in [-0.15, -0.1) is 11.3 Å². The van der Waals surface area contributed by atoms with Gasteiger partial charge in [0.2, 0.25) is 0 Å². The maximum Gasteiger partial charge on any atom is 0.184 e. The van der Waals surface area contributed by atoms with E-state index in [1.54, 1.807) is 11.3 Å². The van der Waals surface area contributed by atoms with Gasteiger partial charge < -0.3 is 10.6 Å². The summed E-state index contributed by atoms with van der Waals surface area (Å²) in [6.45, 7) is 0.819. The fraction of sp³-hybridized carbons (Fsp3) is 0.667. The molecule has 1 aliphatic carbocycles. The van der Waals surface area contributed by atoms with Gasteiger partial charge in [0.15, 0.2) is 5.13 Å². The molecule has 1 aromatic rings. The van der Waals surface area contributed by atoms with Gasteiger partial charge in [0.05, 0.1) is 0 Å². The van der Waals surface area contributed by atoms with E-state index >= 15 is 0 Å². The normalized spacial score (nSPS) is 26.1. The van der Waals surface area contributed by atoms with Gasteiger partial charge in [0.1, 0.15) is 0 Å². The number of hydrogen-bond acceptors (Lipinski definition) is 4. The standard InChI is InChI=1S/C9H15N3S/c1-12(2)9-11-5-8(13-9)7-3-6(7)4-10/h5-7H,3-4,10H2,1-2H3. The second kappa shape index (κ2) is 3.27. The van der Waals surface area contributed by atoms with Crippen molar-refractivity contribution < 1.29 is 0 Å². The average Bonchev–Trinajstić information content (AvgIpc) is 2.73. The maximum atomic E-state index is 5.60. The smallest absolute Gasteiger partial charge is 0.184 e. The van der Waals surface area contributed by atoms with Gasteiger partial charge in [-0.05, 0) is 24.8 Å². The van der Waals surface area contributed by atoms with E-state index in [-0.39, 0.29) is 0 Å². The SMILES string of the molecule is CN(C)c1ncc(C2CC2CN)s1. The molecule has 0 aliphatic heterocycles. The first kappa shape index (κ1) is 8.97. The highest BCUT2D eigenvalue weighted by Gasteiger charge is 2.38. The minimum absolute atomic E-state index is 0.705. The Morgan fingerprint density at radius 2 is 2.46 bits per heavy atom. The Morgan fingerprint density at radius 3 is 2.92 bits per heavy atom. The van der Waals surface area contributed by atoms with E-state index in [9.17, 15) is 0 Å². The van der Waals surface area contributed by atoms with Gasteiger partial charge in [-0.1, -0.05) is 0 Å². The van der Waals surface area contributed by atoms with Crippen LogP contribution in [0.2, 0.25) is 0 Å². The first-order valence-corrected chi connectivity index (χ1v) is 5.37. The second-order valence-electron chi connectivity index (χ2n) is 3.78. The summed E-state index contributed by atoms with van der Waals surface area (Å²) in [5.41, 5.74) is 5.60. The topological polar surface area (TPSA) is 42.2 Å². The van der Waals surface area contributed by atoms with E-state index in [1.807, 2.05) is 25.2 Å². The largest absolute Gasteiger partial charge is 0.354 e. The first-order valence-electron chi connectivity index (χ1n) is 4.55. The third kappa shape index (κ3) is 1.69. The second-order valence-corrected chi connectivity index (χ2v) is 4.82. The van der Waals surface area contributed by atoms with Crippen LogP contribution in [0.15, 0.2) is 6.20 Å². The molecule has 2 unspecified atom stereocenters. The van der Waals surface area contributed by atoms with Gasteiger partial charge >= 0.3 is 0 Å².